The van der Waals surface area contributed by atoms with E-state index < -0.39 is 229 Å². The SMILES string of the molecule is CC(CC[C@@]1(O)OC2C[C@H]3[C@@H]4CC[C@H]5C[C@@H](O[C@@H]6O[C@H](CO)[C@H](O[C@@H]7O[C@H](CO)[C@@H](O)[C@H](O[C@@H]8O[C@H](CO)[C@@H](O)[C@H](O)[C@H]8O)[C@H]7O[C@@H]7O[C@H](CO)[C@@H](O)[C@H](O[C@@]8(C)OC[C@@H](O)[C@H](O)[C@@H]8O)[C@H]7O)[C@H](O)[C@H]6O)CC[C@]5(C)[C@H]4CC[C@]3(C)C2[C@@H]1C)CO[C@@H]1O[C@H](CO)[C@@H](O)[C@H](O)[C@H]1O. The van der Waals surface area contributed by atoms with Crippen LogP contribution in [-0.2, 0) is 61.6 Å². The fourth-order valence-electron chi connectivity index (χ4n) is 18.6. The molecule has 20 N–H and O–H groups in total. The summed E-state index contributed by atoms with van der Waals surface area (Å²) >= 11 is 0. The van der Waals surface area contributed by atoms with Crippen molar-refractivity contribution in [3.05, 3.63) is 0 Å². The normalized spacial score (nSPS) is 55.6. The molecule has 0 amide bonds. The summed E-state index contributed by atoms with van der Waals surface area (Å²) in [5.41, 5.74) is -0.165. The van der Waals surface area contributed by atoms with Gasteiger partial charge in [-0.1, -0.05) is 27.7 Å². The van der Waals surface area contributed by atoms with Gasteiger partial charge in [0.2, 0.25) is 0 Å². The maximum atomic E-state index is 12.2. The van der Waals surface area contributed by atoms with Crippen LogP contribution in [0.5, 0.6) is 0 Å². The van der Waals surface area contributed by atoms with Crippen molar-refractivity contribution in [2.24, 2.45) is 52.3 Å². The number of aliphatic hydroxyl groups is 20. The average molecular weight is 1390 g/mol. The Kier molecular flexibility index (Phi) is 23.7. The summed E-state index contributed by atoms with van der Waals surface area (Å²) in [6.07, 6.45) is -43.6. The number of hydrogen-bond donors (Lipinski definition) is 20. The second-order valence-electron chi connectivity index (χ2n) is 30.0. The molecule has 0 aromatic heterocycles. The van der Waals surface area contributed by atoms with E-state index in [1.807, 2.05) is 6.92 Å². The van der Waals surface area contributed by atoms with Gasteiger partial charge < -0.3 is 164 Å². The van der Waals surface area contributed by atoms with E-state index >= 15 is 0 Å². The van der Waals surface area contributed by atoms with Gasteiger partial charge in [0.25, 0.3) is 0 Å². The van der Waals surface area contributed by atoms with Gasteiger partial charge in [0.1, 0.15) is 140 Å². The van der Waals surface area contributed by atoms with Crippen LogP contribution in [0.3, 0.4) is 0 Å². The molecule has 0 aromatic rings. The Hall–Kier alpha value is -1.32. The van der Waals surface area contributed by atoms with Gasteiger partial charge in [-0.2, -0.15) is 0 Å². The fraction of sp³-hybridized carbons (Fsp3) is 1.00. The monoisotopic (exact) mass is 1390 g/mol. The van der Waals surface area contributed by atoms with Gasteiger partial charge >= 0.3 is 0 Å². The summed E-state index contributed by atoms with van der Waals surface area (Å²) in [4.78, 5) is 0. The van der Waals surface area contributed by atoms with Crippen LogP contribution in [0.1, 0.15) is 98.8 Å². The van der Waals surface area contributed by atoms with Crippen molar-refractivity contribution in [1.29, 1.82) is 0 Å². The van der Waals surface area contributed by atoms with Gasteiger partial charge in [-0.3, -0.25) is 0 Å². The van der Waals surface area contributed by atoms with Crippen LogP contribution in [0.25, 0.3) is 0 Å². The molecular formula is C63H106O33. The molecule has 96 heavy (non-hydrogen) atoms. The van der Waals surface area contributed by atoms with Crippen LogP contribution in [0.15, 0.2) is 0 Å². The first-order chi connectivity index (χ1) is 45.4. The van der Waals surface area contributed by atoms with E-state index in [2.05, 4.69) is 20.8 Å². The minimum atomic E-state index is -2.25. The van der Waals surface area contributed by atoms with Gasteiger partial charge in [0.05, 0.1) is 58.5 Å². The zero-order chi connectivity index (χ0) is 69.6. The molecule has 41 atom stereocenters. The number of rotatable bonds is 21. The maximum absolute atomic E-state index is 12.2. The first-order valence-corrected chi connectivity index (χ1v) is 34.2. The van der Waals surface area contributed by atoms with E-state index in [0.29, 0.717) is 43.4 Å². The van der Waals surface area contributed by atoms with Crippen molar-refractivity contribution in [2.75, 3.05) is 46.2 Å². The summed E-state index contributed by atoms with van der Waals surface area (Å²) < 4.78 is 78.4. The maximum Gasteiger partial charge on any atom is 0.194 e. The molecule has 4 saturated carbocycles. The van der Waals surface area contributed by atoms with Crippen LogP contribution < -0.4 is 0 Å². The molecule has 11 rings (SSSR count). The molecule has 0 spiro atoms. The molecule has 0 aromatic carbocycles. The number of fused-ring (bicyclic) bond motifs is 7. The summed E-state index contributed by atoms with van der Waals surface area (Å²) in [6, 6.07) is 0. The average Bonchev–Trinajstić information content (AvgIpc) is 1.50. The van der Waals surface area contributed by atoms with Gasteiger partial charge in [-0.05, 0) is 111 Å². The van der Waals surface area contributed by atoms with Crippen molar-refractivity contribution in [3.8, 4) is 0 Å². The second kappa shape index (κ2) is 30.0. The van der Waals surface area contributed by atoms with Gasteiger partial charge in [0, 0.05) is 12.3 Å². The second-order valence-corrected chi connectivity index (χ2v) is 30.0. The molecule has 7 heterocycles. The summed E-state index contributed by atoms with van der Waals surface area (Å²) in [6.45, 7) is 5.08. The number of aliphatic hydroxyl groups excluding tert-OH is 19. The molecule has 0 radical (unpaired) electrons. The third-order valence-electron chi connectivity index (χ3n) is 24.4. The third-order valence-corrected chi connectivity index (χ3v) is 24.4. The fourth-order valence-corrected chi connectivity index (χ4v) is 18.6. The highest BCUT2D eigenvalue weighted by atomic mass is 16.8. The highest BCUT2D eigenvalue weighted by molar-refractivity contribution is 5.15. The molecule has 7 saturated heterocycles. The van der Waals surface area contributed by atoms with E-state index in [1.54, 1.807) is 0 Å². The Morgan fingerprint density at radius 3 is 1.64 bits per heavy atom. The van der Waals surface area contributed by atoms with Crippen molar-refractivity contribution >= 4 is 0 Å². The van der Waals surface area contributed by atoms with Crippen molar-refractivity contribution in [1.82, 2.24) is 0 Å². The molecule has 33 nitrogen and oxygen atoms in total. The summed E-state index contributed by atoms with van der Waals surface area (Å²) in [7, 11) is 0. The number of ether oxygens (including phenoxy) is 13. The van der Waals surface area contributed by atoms with E-state index in [4.69, 9.17) is 61.6 Å². The lowest BCUT2D eigenvalue weighted by Crippen LogP contribution is -2.70. The van der Waals surface area contributed by atoms with Gasteiger partial charge in [-0.15, -0.1) is 0 Å². The molecule has 7 aliphatic heterocycles. The van der Waals surface area contributed by atoms with Crippen molar-refractivity contribution in [3.63, 3.8) is 0 Å². The molecular weight excluding hydrogens is 1280 g/mol. The van der Waals surface area contributed by atoms with E-state index in [-0.39, 0.29) is 47.2 Å². The lowest BCUT2D eigenvalue weighted by atomic mass is 9.44. The topological polar surface area (TPSA) is 525 Å². The molecule has 33 heteroatoms. The van der Waals surface area contributed by atoms with Crippen molar-refractivity contribution < 1.29 is 164 Å². The van der Waals surface area contributed by atoms with Crippen molar-refractivity contribution in [2.45, 2.75) is 294 Å². The van der Waals surface area contributed by atoms with Crippen LogP contribution in [-0.4, -0.2) is 344 Å². The van der Waals surface area contributed by atoms with E-state index in [9.17, 15) is 102 Å². The molecule has 0 bridgehead atoms. The zero-order valence-electron chi connectivity index (χ0n) is 54.6. The summed E-state index contributed by atoms with van der Waals surface area (Å²) in [5, 5.41) is 218. The van der Waals surface area contributed by atoms with Crippen LogP contribution in [0.2, 0.25) is 0 Å². The van der Waals surface area contributed by atoms with Gasteiger partial charge in [-0.25, -0.2) is 0 Å². The van der Waals surface area contributed by atoms with Crippen LogP contribution >= 0.6 is 0 Å². The Balaban J connectivity index is 0.743. The molecule has 4 aliphatic carbocycles. The minimum absolute atomic E-state index is 0.0755. The van der Waals surface area contributed by atoms with Crippen LogP contribution in [0, 0.1) is 52.3 Å². The molecule has 3 unspecified atom stereocenters. The third kappa shape index (κ3) is 13.9. The van der Waals surface area contributed by atoms with E-state index in [1.165, 1.54) is 0 Å². The highest BCUT2D eigenvalue weighted by Gasteiger charge is 2.69. The minimum Gasteiger partial charge on any atom is -0.394 e. The predicted molar refractivity (Wildman–Crippen MR) is 315 cm³/mol. The Bertz CT molecular complexity index is 2510. The Morgan fingerprint density at radius 1 is 0.479 bits per heavy atom. The van der Waals surface area contributed by atoms with E-state index in [0.717, 1.165) is 45.4 Å². The lowest BCUT2D eigenvalue weighted by molar-refractivity contribution is -0.416. The lowest BCUT2D eigenvalue weighted by Gasteiger charge is -2.61. The van der Waals surface area contributed by atoms with Crippen LogP contribution in [0.4, 0.5) is 0 Å². The largest absolute Gasteiger partial charge is 0.394 e. The first kappa shape index (κ1) is 75.8. The quantitative estimate of drug-likeness (QED) is 0.0475. The molecule has 556 valence electrons. The predicted octanol–water partition coefficient (Wildman–Crippen LogP) is -7.28. The summed E-state index contributed by atoms with van der Waals surface area (Å²) in [5.74, 6) is -2.42. The zero-order valence-corrected chi connectivity index (χ0v) is 54.6. The molecule has 11 aliphatic rings. The molecule has 11 fully saturated rings. The highest BCUT2D eigenvalue weighted by Crippen LogP contribution is 2.71. The standard InChI is InChI=1S/C63H106O33/c1-23(21-84-55-46(78)43(75)39(71)32(16-64)87-55)8-13-63(83)24(2)37-31(95-63)15-29-27-7-6-25-14-26(9-11-60(25,3)28(27)10-12-61(29,37)4)86-56-48(80)45(77)50(36(20-68)91-56)92-59-53(52(42(74)35(19-67)90-59)93-57-47(79)44(76)40(72)33(17-65)88-57)94-58-49(81)51(41(73)34(18-66)89-58)96-62(5)54(82)38(70)30(69)22-85-62/h23-59,64-83H,6-22H2,1-5H3/t23?,24-,25-,26-,27+,28-,29-,30+,31?,32+,33+,34+,35+,36+,37?,38-,39+,40+,41+,42+,43-,44-,45+,46+,47+,48+,49+,50-,51-,52-,53+,54-,55+,56+,57-,58-,59-,60-,61-,62+,63+/m0/s1. The Morgan fingerprint density at radius 2 is 1.00 bits per heavy atom. The first-order valence-electron chi connectivity index (χ1n) is 34.2. The van der Waals surface area contributed by atoms with Gasteiger partial charge in [0.15, 0.2) is 43.0 Å². The Labute approximate surface area is 555 Å². The smallest absolute Gasteiger partial charge is 0.194 e. The number of hydrogen-bond acceptors (Lipinski definition) is 33.